The number of hydrogen-bond acceptors (Lipinski definition) is 1. The van der Waals surface area contributed by atoms with Gasteiger partial charge in [-0.3, -0.25) is 4.79 Å². The molecular formula is C47H67NO. The summed E-state index contributed by atoms with van der Waals surface area (Å²) in [6.45, 7) is 14.1. The molecule has 0 aliphatic heterocycles. The Bertz CT molecular complexity index is 1430. The van der Waals surface area contributed by atoms with Gasteiger partial charge in [0.05, 0.1) is 0 Å². The lowest BCUT2D eigenvalue weighted by Gasteiger charge is -2.05. The largest absolute Gasteiger partial charge is 0.319 e. The second kappa shape index (κ2) is 28.0. The van der Waals surface area contributed by atoms with Crippen LogP contribution >= 0.6 is 0 Å². The highest BCUT2D eigenvalue weighted by Gasteiger charge is 2.30. The molecule has 0 bridgehead atoms. The highest BCUT2D eigenvalue weighted by molar-refractivity contribution is 5.59. The number of benzene rings is 3. The summed E-state index contributed by atoms with van der Waals surface area (Å²) in [5, 5.41) is 0. The lowest BCUT2D eigenvalue weighted by atomic mass is 9.99. The van der Waals surface area contributed by atoms with Crippen molar-refractivity contribution in [3.05, 3.63) is 160 Å². The molecule has 266 valence electrons. The zero-order valence-electron chi connectivity index (χ0n) is 32.2. The normalized spacial score (nSPS) is 18.0. The quantitative estimate of drug-likeness (QED) is 0.186. The monoisotopic (exact) mass is 662 g/mol. The van der Waals surface area contributed by atoms with Gasteiger partial charge in [-0.25, -0.2) is 0 Å². The minimum atomic E-state index is 0.0347. The maximum atomic E-state index is 10.6. The van der Waals surface area contributed by atoms with E-state index in [-0.39, 0.29) is 5.56 Å². The highest BCUT2D eigenvalue weighted by Crippen LogP contribution is 2.43. The predicted octanol–water partition coefficient (Wildman–Crippen LogP) is 13.4. The van der Waals surface area contributed by atoms with Crippen molar-refractivity contribution in [1.29, 1.82) is 0 Å². The van der Waals surface area contributed by atoms with E-state index < -0.39 is 0 Å². The molecule has 3 aromatic carbocycles. The van der Waals surface area contributed by atoms with E-state index in [1.54, 1.807) is 45.0 Å². The van der Waals surface area contributed by atoms with E-state index >= 15 is 0 Å². The van der Waals surface area contributed by atoms with Gasteiger partial charge >= 0.3 is 0 Å². The first kappa shape index (κ1) is 43.1. The van der Waals surface area contributed by atoms with Crippen molar-refractivity contribution >= 4 is 6.08 Å². The Balaban J connectivity index is 0.000000297. The van der Waals surface area contributed by atoms with Crippen LogP contribution in [0.25, 0.3) is 6.08 Å². The van der Waals surface area contributed by atoms with Crippen molar-refractivity contribution < 1.29 is 0 Å². The van der Waals surface area contributed by atoms with Gasteiger partial charge in [0, 0.05) is 25.2 Å². The summed E-state index contributed by atoms with van der Waals surface area (Å²) in [6, 6.07) is 34.5. The number of hydrogen-bond donors (Lipinski definition) is 0. The van der Waals surface area contributed by atoms with Gasteiger partial charge in [0.2, 0.25) is 5.56 Å². The summed E-state index contributed by atoms with van der Waals surface area (Å²) in [4.78, 5) is 10.6. The third kappa shape index (κ3) is 17.4. The molecule has 0 radical (unpaired) electrons. The Hall–Kier alpha value is -3.91. The minimum Gasteiger partial charge on any atom is -0.319 e. The molecule has 0 amide bonds. The maximum Gasteiger partial charge on any atom is 0.250 e. The van der Waals surface area contributed by atoms with Gasteiger partial charge in [0.25, 0.3) is 0 Å². The zero-order valence-corrected chi connectivity index (χ0v) is 32.2. The Labute approximate surface area is 301 Å². The Morgan fingerprint density at radius 3 is 1.57 bits per heavy atom. The molecule has 2 fully saturated rings. The minimum absolute atomic E-state index is 0.0347. The molecule has 49 heavy (non-hydrogen) atoms. The van der Waals surface area contributed by atoms with Crippen LogP contribution < -0.4 is 5.56 Å². The van der Waals surface area contributed by atoms with E-state index in [0.717, 1.165) is 6.42 Å². The topological polar surface area (TPSA) is 22.0 Å². The van der Waals surface area contributed by atoms with Crippen molar-refractivity contribution in [3.63, 3.8) is 0 Å². The number of allylic oxidation sites excluding steroid dienone is 3. The van der Waals surface area contributed by atoms with E-state index in [2.05, 4.69) is 98.0 Å². The van der Waals surface area contributed by atoms with Crippen LogP contribution in [0.5, 0.6) is 0 Å². The summed E-state index contributed by atoms with van der Waals surface area (Å²) in [6.07, 6.45) is 23.7. The van der Waals surface area contributed by atoms with Crippen LogP contribution in [0.2, 0.25) is 0 Å². The van der Waals surface area contributed by atoms with Crippen LogP contribution in [0, 0.1) is 18.8 Å². The summed E-state index contributed by atoms with van der Waals surface area (Å²) in [7, 11) is 1.72. The first-order valence-corrected chi connectivity index (χ1v) is 19.2. The molecule has 1 heterocycles. The van der Waals surface area contributed by atoms with E-state index in [1.807, 2.05) is 65.8 Å². The van der Waals surface area contributed by atoms with Crippen molar-refractivity contribution in [2.75, 3.05) is 0 Å². The van der Waals surface area contributed by atoms with Gasteiger partial charge in [-0.1, -0.05) is 201 Å². The Morgan fingerprint density at radius 1 is 0.592 bits per heavy atom. The predicted molar refractivity (Wildman–Crippen MR) is 218 cm³/mol. The zero-order chi connectivity index (χ0) is 36.1. The molecule has 1 atom stereocenters. The lowest BCUT2D eigenvalue weighted by molar-refractivity contribution is 0.457. The first-order chi connectivity index (χ1) is 24.1. The number of pyridine rings is 1. The van der Waals surface area contributed by atoms with Crippen molar-refractivity contribution in [1.82, 2.24) is 4.57 Å². The van der Waals surface area contributed by atoms with Gasteiger partial charge in [-0.2, -0.15) is 0 Å². The fourth-order valence-electron chi connectivity index (χ4n) is 6.36. The number of rotatable bonds is 1. The fraction of sp³-hybridized carbons (Fsp3) is 0.426. The fourth-order valence-corrected chi connectivity index (χ4v) is 6.36. The maximum absolute atomic E-state index is 10.6. The standard InChI is InChI=1S/C11H12.C9H8.C8H14.C7H8.C6H7NO.3C2H6/c1-2-6-10(7-3-1)11-8-4-5-9-11;1-2-5-9-7-3-6-8(9)4-1;1-3-7-5-2-6-8(7)4-1;1-7-5-3-2-4-6-7;1-7-5-3-2-4-6(7)8;3*1-2/h1-4,6-8,11H,5,9H2;1-6H,7H2;7-8H,1-6H2;2-6H,1H3;2-5H,1H3;3*1-2H3. The van der Waals surface area contributed by atoms with Crippen LogP contribution in [0.4, 0.5) is 0 Å². The van der Waals surface area contributed by atoms with E-state index in [0.29, 0.717) is 5.92 Å². The molecule has 8 rings (SSSR count). The van der Waals surface area contributed by atoms with Crippen LogP contribution in [0.15, 0.2) is 132 Å². The summed E-state index contributed by atoms with van der Waals surface area (Å²) < 4.78 is 1.53. The molecule has 2 saturated carbocycles. The lowest BCUT2D eigenvalue weighted by Crippen LogP contribution is -2.12. The summed E-state index contributed by atoms with van der Waals surface area (Å²) in [5.74, 6) is 3.04. The molecular weight excluding hydrogens is 595 g/mol. The smallest absolute Gasteiger partial charge is 0.250 e. The molecule has 1 aromatic heterocycles. The molecule has 4 aromatic rings. The van der Waals surface area contributed by atoms with Crippen LogP contribution in [0.1, 0.15) is 121 Å². The van der Waals surface area contributed by atoms with E-state index in [1.165, 1.54) is 70.4 Å². The highest BCUT2D eigenvalue weighted by atomic mass is 16.1. The number of nitrogens with zero attached hydrogens (tertiary/aromatic N) is 1. The average Bonchev–Trinajstić information content (AvgIpc) is 4.01. The number of fused-ring (bicyclic) bond motifs is 2. The van der Waals surface area contributed by atoms with Gasteiger partial charge in [-0.05, 0) is 60.8 Å². The molecule has 2 nitrogen and oxygen atoms in total. The van der Waals surface area contributed by atoms with Gasteiger partial charge in [0.1, 0.15) is 0 Å². The SMILES string of the molecule is C1=CC(c2ccccc2)CC1.C1=Cc2ccccc2C1.C1CC2CCCC2C1.CC.CC.CC.Cc1ccccc1.Cn1ccccc1=O. The van der Waals surface area contributed by atoms with Crippen LogP contribution in [-0.4, -0.2) is 4.57 Å². The second-order valence-electron chi connectivity index (χ2n) is 12.0. The van der Waals surface area contributed by atoms with Crippen molar-refractivity contribution in [2.24, 2.45) is 18.9 Å². The van der Waals surface area contributed by atoms with Gasteiger partial charge < -0.3 is 4.57 Å². The van der Waals surface area contributed by atoms with Crippen LogP contribution in [-0.2, 0) is 13.5 Å². The molecule has 0 N–H and O–H groups in total. The number of aromatic nitrogens is 1. The number of aryl methyl sites for hydroxylation is 2. The Morgan fingerprint density at radius 2 is 1.12 bits per heavy atom. The van der Waals surface area contributed by atoms with Crippen LogP contribution in [0.3, 0.4) is 0 Å². The van der Waals surface area contributed by atoms with Gasteiger partial charge in [0.15, 0.2) is 0 Å². The van der Waals surface area contributed by atoms with Gasteiger partial charge in [-0.15, -0.1) is 0 Å². The first-order valence-electron chi connectivity index (χ1n) is 19.2. The second-order valence-corrected chi connectivity index (χ2v) is 12.0. The summed E-state index contributed by atoms with van der Waals surface area (Å²) >= 11 is 0. The third-order valence-corrected chi connectivity index (χ3v) is 8.84. The van der Waals surface area contributed by atoms with Crippen molar-refractivity contribution in [2.45, 2.75) is 112 Å². The van der Waals surface area contributed by atoms with E-state index in [9.17, 15) is 4.79 Å². The van der Waals surface area contributed by atoms with E-state index in [4.69, 9.17) is 0 Å². The molecule has 4 aliphatic carbocycles. The molecule has 4 aliphatic rings. The third-order valence-electron chi connectivity index (χ3n) is 8.84. The Kier molecular flexibility index (Phi) is 24.6. The molecule has 2 heteroatoms. The molecule has 0 spiro atoms. The molecule has 1 unspecified atom stereocenters. The van der Waals surface area contributed by atoms with Crippen molar-refractivity contribution in [3.8, 4) is 0 Å². The summed E-state index contributed by atoms with van der Waals surface area (Å²) in [5.41, 5.74) is 5.66. The molecule has 0 saturated heterocycles. The average molecular weight is 662 g/mol.